The second-order valence-corrected chi connectivity index (χ2v) is 6.49. The minimum absolute atomic E-state index is 0.0475. The van der Waals surface area contributed by atoms with Crippen LogP contribution in [0.4, 0.5) is 5.69 Å². The van der Waals surface area contributed by atoms with Crippen molar-refractivity contribution in [1.82, 2.24) is 4.90 Å². The van der Waals surface area contributed by atoms with Gasteiger partial charge in [0.1, 0.15) is 5.75 Å². The fourth-order valence-corrected chi connectivity index (χ4v) is 3.25. The number of thioether (sulfide) groups is 1. The largest absolute Gasteiger partial charge is 0.497 e. The molecule has 0 saturated carbocycles. The number of carbonyl (C=O) groups is 1. The maximum absolute atomic E-state index is 12.4. The number of aryl methyl sites for hydroxylation is 1. The van der Waals surface area contributed by atoms with Crippen LogP contribution < -0.4 is 4.74 Å². The van der Waals surface area contributed by atoms with E-state index < -0.39 is 0 Å². The maximum atomic E-state index is 12.4. The molecule has 122 valence electrons. The summed E-state index contributed by atoms with van der Waals surface area (Å²) in [6.45, 7) is 2.03. The lowest BCUT2D eigenvalue weighted by Gasteiger charge is -2.07. The first-order chi connectivity index (χ1) is 11.6. The van der Waals surface area contributed by atoms with Crippen LogP contribution in [0.15, 0.2) is 58.4 Å². The molecule has 1 heterocycles. The summed E-state index contributed by atoms with van der Waals surface area (Å²) in [5.41, 5.74) is 2.95. The first-order valence-corrected chi connectivity index (χ1v) is 8.35. The second kappa shape index (κ2) is 6.93. The van der Waals surface area contributed by atoms with Crippen molar-refractivity contribution < 1.29 is 9.53 Å². The summed E-state index contributed by atoms with van der Waals surface area (Å²) in [7, 11) is 3.37. The number of rotatable bonds is 3. The number of nitrogens with zero attached hydrogens (tertiary/aromatic N) is 2. The van der Waals surface area contributed by atoms with Gasteiger partial charge >= 0.3 is 0 Å². The average Bonchev–Trinajstić information content (AvgIpc) is 2.85. The van der Waals surface area contributed by atoms with Crippen LogP contribution in [-0.2, 0) is 4.79 Å². The van der Waals surface area contributed by atoms with E-state index in [-0.39, 0.29) is 5.91 Å². The third-order valence-electron chi connectivity index (χ3n) is 3.65. The Kier molecular flexibility index (Phi) is 4.71. The average molecular weight is 338 g/mol. The second-order valence-electron chi connectivity index (χ2n) is 5.48. The monoisotopic (exact) mass is 338 g/mol. The van der Waals surface area contributed by atoms with E-state index in [4.69, 9.17) is 4.74 Å². The van der Waals surface area contributed by atoms with Gasteiger partial charge in [-0.1, -0.05) is 29.8 Å². The number of ether oxygens (including phenoxy) is 1. The van der Waals surface area contributed by atoms with Gasteiger partial charge in [0.2, 0.25) is 0 Å². The van der Waals surface area contributed by atoms with Gasteiger partial charge in [-0.15, -0.1) is 0 Å². The third-order valence-corrected chi connectivity index (χ3v) is 4.71. The van der Waals surface area contributed by atoms with Crippen molar-refractivity contribution >= 4 is 34.6 Å². The van der Waals surface area contributed by atoms with Gasteiger partial charge in [0, 0.05) is 7.05 Å². The van der Waals surface area contributed by atoms with Crippen molar-refractivity contribution in [2.45, 2.75) is 6.92 Å². The van der Waals surface area contributed by atoms with Crippen molar-refractivity contribution in [3.05, 3.63) is 64.6 Å². The van der Waals surface area contributed by atoms with Gasteiger partial charge in [0.05, 0.1) is 17.7 Å². The number of aliphatic imine (C=N–C) groups is 1. The molecule has 1 aliphatic rings. The molecule has 0 N–H and O–H groups in total. The summed E-state index contributed by atoms with van der Waals surface area (Å²) in [5.74, 6) is 0.718. The number of amides is 1. The molecule has 1 saturated heterocycles. The molecule has 0 spiro atoms. The van der Waals surface area contributed by atoms with Crippen molar-refractivity contribution in [1.29, 1.82) is 0 Å². The lowest BCUT2D eigenvalue weighted by atomic mass is 10.2. The topological polar surface area (TPSA) is 41.9 Å². The Morgan fingerprint density at radius 3 is 2.62 bits per heavy atom. The normalized spacial score (nSPS) is 17.8. The van der Waals surface area contributed by atoms with Crippen molar-refractivity contribution in [2.24, 2.45) is 4.99 Å². The Balaban J connectivity index is 1.88. The zero-order chi connectivity index (χ0) is 17.1. The summed E-state index contributed by atoms with van der Waals surface area (Å²) in [6, 6.07) is 15.5. The van der Waals surface area contributed by atoms with E-state index in [1.165, 1.54) is 17.3 Å². The summed E-state index contributed by atoms with van der Waals surface area (Å²) < 4.78 is 5.22. The first kappa shape index (κ1) is 16.3. The molecule has 0 aliphatic carbocycles. The Hall–Kier alpha value is -2.53. The van der Waals surface area contributed by atoms with E-state index in [1.54, 1.807) is 19.1 Å². The van der Waals surface area contributed by atoms with Gasteiger partial charge in [-0.3, -0.25) is 9.69 Å². The lowest BCUT2D eigenvalue weighted by molar-refractivity contribution is -0.121. The van der Waals surface area contributed by atoms with E-state index in [0.29, 0.717) is 10.1 Å². The number of likely N-dealkylation sites (N-methyl/N-ethyl adjacent to an activating group) is 1. The van der Waals surface area contributed by atoms with E-state index in [0.717, 1.165) is 17.0 Å². The minimum Gasteiger partial charge on any atom is -0.497 e. The van der Waals surface area contributed by atoms with Crippen molar-refractivity contribution in [2.75, 3.05) is 14.2 Å². The van der Waals surface area contributed by atoms with Crippen LogP contribution in [0.25, 0.3) is 6.08 Å². The molecule has 0 unspecified atom stereocenters. The fourth-order valence-electron chi connectivity index (χ4n) is 2.26. The fraction of sp³-hybridized carbons (Fsp3) is 0.158. The zero-order valence-electron chi connectivity index (χ0n) is 13.8. The van der Waals surface area contributed by atoms with E-state index >= 15 is 0 Å². The van der Waals surface area contributed by atoms with Gasteiger partial charge in [0.15, 0.2) is 5.17 Å². The Morgan fingerprint density at radius 2 is 1.92 bits per heavy atom. The van der Waals surface area contributed by atoms with Crippen LogP contribution in [0.1, 0.15) is 11.1 Å². The highest BCUT2D eigenvalue weighted by atomic mass is 32.2. The molecule has 1 amide bonds. The molecule has 2 aromatic carbocycles. The van der Waals surface area contributed by atoms with E-state index in [1.807, 2.05) is 61.5 Å². The molecule has 0 aromatic heterocycles. The van der Waals surface area contributed by atoms with Crippen molar-refractivity contribution in [3.8, 4) is 5.75 Å². The molecule has 5 heteroatoms. The quantitative estimate of drug-likeness (QED) is 0.786. The van der Waals surface area contributed by atoms with Crippen LogP contribution in [0.5, 0.6) is 5.75 Å². The molecule has 1 fully saturated rings. The maximum Gasteiger partial charge on any atom is 0.266 e. The zero-order valence-corrected chi connectivity index (χ0v) is 14.6. The predicted octanol–water partition coefficient (Wildman–Crippen LogP) is 4.24. The predicted molar refractivity (Wildman–Crippen MR) is 99.6 cm³/mol. The van der Waals surface area contributed by atoms with E-state index in [9.17, 15) is 4.79 Å². The highest BCUT2D eigenvalue weighted by Gasteiger charge is 2.30. The third kappa shape index (κ3) is 3.51. The summed E-state index contributed by atoms with van der Waals surface area (Å²) in [4.78, 5) is 19.2. The van der Waals surface area contributed by atoms with Crippen LogP contribution in [0, 0.1) is 6.92 Å². The molecule has 0 bridgehead atoms. The van der Waals surface area contributed by atoms with Gasteiger partial charge < -0.3 is 4.74 Å². The number of methoxy groups -OCH3 is 1. The molecule has 2 aromatic rings. The molecule has 4 nitrogen and oxygen atoms in total. The summed E-state index contributed by atoms with van der Waals surface area (Å²) in [6.07, 6.45) is 1.86. The lowest BCUT2D eigenvalue weighted by Crippen LogP contribution is -2.23. The van der Waals surface area contributed by atoms with Gasteiger partial charge in [0.25, 0.3) is 5.91 Å². The Bertz CT molecular complexity index is 826. The Morgan fingerprint density at radius 1 is 1.17 bits per heavy atom. The van der Waals surface area contributed by atoms with Crippen molar-refractivity contribution in [3.63, 3.8) is 0 Å². The molecule has 0 atom stereocenters. The summed E-state index contributed by atoms with van der Waals surface area (Å²) >= 11 is 1.38. The van der Waals surface area contributed by atoms with Gasteiger partial charge in [-0.05, 0) is 54.6 Å². The number of amidine groups is 1. The van der Waals surface area contributed by atoms with Crippen LogP contribution in [-0.4, -0.2) is 30.1 Å². The van der Waals surface area contributed by atoms with Crippen LogP contribution in [0.3, 0.4) is 0 Å². The van der Waals surface area contributed by atoms with Crippen LogP contribution >= 0.6 is 11.8 Å². The number of hydrogen-bond acceptors (Lipinski definition) is 4. The highest BCUT2D eigenvalue weighted by Crippen LogP contribution is 2.33. The molecular formula is C19H18N2O2S. The van der Waals surface area contributed by atoms with Gasteiger partial charge in [-0.2, -0.15) is 0 Å². The standard InChI is InChI=1S/C19H18N2O2S/c1-13-7-9-15(10-8-13)20-19-21(2)18(22)17(24-19)12-14-5-4-6-16(11-14)23-3/h4-12H,1-3H3/b17-12+,20-19?. The number of benzene rings is 2. The SMILES string of the molecule is COc1cccc(/C=C2/SC(=Nc3ccc(C)cc3)N(C)C2=O)c1. The van der Waals surface area contributed by atoms with Crippen LogP contribution in [0.2, 0.25) is 0 Å². The number of hydrogen-bond donors (Lipinski definition) is 0. The molecule has 24 heavy (non-hydrogen) atoms. The smallest absolute Gasteiger partial charge is 0.266 e. The Labute approximate surface area is 145 Å². The molecule has 0 radical (unpaired) electrons. The van der Waals surface area contributed by atoms with E-state index in [2.05, 4.69) is 4.99 Å². The minimum atomic E-state index is -0.0475. The molecular weight excluding hydrogens is 320 g/mol. The highest BCUT2D eigenvalue weighted by molar-refractivity contribution is 8.18. The van der Waals surface area contributed by atoms with Gasteiger partial charge in [-0.25, -0.2) is 4.99 Å². The molecule has 1 aliphatic heterocycles. The number of carbonyl (C=O) groups excluding carboxylic acids is 1. The molecule has 3 rings (SSSR count). The summed E-state index contributed by atoms with van der Waals surface area (Å²) in [5, 5.41) is 0.679. The first-order valence-electron chi connectivity index (χ1n) is 7.54.